The summed E-state index contributed by atoms with van der Waals surface area (Å²) in [6.45, 7) is 6.22. The second-order valence-electron chi connectivity index (χ2n) is 7.54. The lowest BCUT2D eigenvalue weighted by atomic mass is 10.1. The normalized spacial score (nSPS) is 18.0. The Hall–Kier alpha value is -1.62. The highest BCUT2D eigenvalue weighted by Gasteiger charge is 2.40. The van der Waals surface area contributed by atoms with Gasteiger partial charge in [-0.2, -0.15) is 0 Å². The van der Waals surface area contributed by atoms with Crippen molar-refractivity contribution in [1.29, 1.82) is 0 Å². The van der Waals surface area contributed by atoms with Gasteiger partial charge in [-0.1, -0.05) is 58.6 Å². The Labute approximate surface area is 173 Å². The zero-order valence-corrected chi connectivity index (χ0v) is 18.2. The molecule has 2 rings (SSSR count). The monoisotopic (exact) mass is 403 g/mol. The highest BCUT2D eigenvalue weighted by Crippen LogP contribution is 2.35. The van der Waals surface area contributed by atoms with Crippen LogP contribution >= 0.6 is 11.8 Å². The number of ketones is 1. The molecule has 5 heteroatoms. The summed E-state index contributed by atoms with van der Waals surface area (Å²) in [6, 6.07) is 7.25. The van der Waals surface area contributed by atoms with Crippen molar-refractivity contribution < 1.29 is 14.4 Å². The number of nitrogens with zero attached hydrogens (tertiary/aromatic N) is 1. The third-order valence-electron chi connectivity index (χ3n) is 5.19. The van der Waals surface area contributed by atoms with E-state index < -0.39 is 0 Å². The van der Waals surface area contributed by atoms with Crippen LogP contribution in [0.3, 0.4) is 0 Å². The van der Waals surface area contributed by atoms with Crippen LogP contribution in [0.4, 0.5) is 5.69 Å². The lowest BCUT2D eigenvalue weighted by Crippen LogP contribution is -2.31. The second kappa shape index (κ2) is 11.4. The summed E-state index contributed by atoms with van der Waals surface area (Å²) in [5.74, 6) is -0.0322. The summed E-state index contributed by atoms with van der Waals surface area (Å²) in [5.41, 5.74) is 1.53. The minimum atomic E-state index is -0.271. The van der Waals surface area contributed by atoms with E-state index >= 15 is 0 Å². The van der Waals surface area contributed by atoms with Gasteiger partial charge in [0.15, 0.2) is 0 Å². The third kappa shape index (κ3) is 6.20. The van der Waals surface area contributed by atoms with E-state index in [0.717, 1.165) is 24.8 Å². The van der Waals surface area contributed by atoms with E-state index in [-0.39, 0.29) is 29.3 Å². The number of carbonyl (C=O) groups is 3. The molecule has 0 aromatic heterocycles. The number of anilines is 1. The summed E-state index contributed by atoms with van der Waals surface area (Å²) < 4.78 is 0. The van der Waals surface area contributed by atoms with Gasteiger partial charge in [-0.25, -0.2) is 4.90 Å². The molecule has 0 bridgehead atoms. The lowest BCUT2D eigenvalue weighted by molar-refractivity contribution is -0.121. The predicted octanol–water partition coefficient (Wildman–Crippen LogP) is 5.32. The molecule has 2 unspecified atom stereocenters. The number of hydrogen-bond acceptors (Lipinski definition) is 4. The Morgan fingerprint density at radius 3 is 2.39 bits per heavy atom. The minimum absolute atomic E-state index is 0.0935. The van der Waals surface area contributed by atoms with Gasteiger partial charge < -0.3 is 0 Å². The van der Waals surface area contributed by atoms with Crippen LogP contribution < -0.4 is 4.90 Å². The topological polar surface area (TPSA) is 54.5 Å². The van der Waals surface area contributed by atoms with Crippen LogP contribution in [0.5, 0.6) is 0 Å². The van der Waals surface area contributed by atoms with Gasteiger partial charge in [0, 0.05) is 24.5 Å². The molecule has 4 nitrogen and oxygen atoms in total. The quantitative estimate of drug-likeness (QED) is 0.350. The van der Waals surface area contributed by atoms with E-state index in [0.29, 0.717) is 23.8 Å². The highest BCUT2D eigenvalue weighted by atomic mass is 32.2. The third-order valence-corrected chi connectivity index (χ3v) is 6.75. The molecule has 1 saturated heterocycles. The SMILES string of the molecule is CCCCCC(CCC)SC1CC(=O)N(c2ccc(CC(=O)CC)cc2)C1=O. The Morgan fingerprint density at radius 2 is 1.79 bits per heavy atom. The Kier molecular flexibility index (Phi) is 9.23. The molecule has 2 amide bonds. The van der Waals surface area contributed by atoms with Crippen LogP contribution in [0.1, 0.15) is 77.7 Å². The van der Waals surface area contributed by atoms with Gasteiger partial charge in [-0.3, -0.25) is 14.4 Å². The highest BCUT2D eigenvalue weighted by molar-refractivity contribution is 8.01. The van der Waals surface area contributed by atoms with Crippen LogP contribution in [-0.4, -0.2) is 28.1 Å². The molecule has 0 saturated carbocycles. The van der Waals surface area contributed by atoms with Gasteiger partial charge in [0.2, 0.25) is 11.8 Å². The smallest absolute Gasteiger partial charge is 0.247 e. The Morgan fingerprint density at radius 1 is 1.07 bits per heavy atom. The molecular weight excluding hydrogens is 370 g/mol. The molecule has 1 aromatic rings. The van der Waals surface area contributed by atoms with Crippen LogP contribution in [0.25, 0.3) is 0 Å². The van der Waals surface area contributed by atoms with Crippen molar-refractivity contribution in [1.82, 2.24) is 0 Å². The first-order valence-electron chi connectivity index (χ1n) is 10.6. The lowest BCUT2D eigenvalue weighted by Gasteiger charge is -2.20. The van der Waals surface area contributed by atoms with Crippen molar-refractivity contribution in [2.45, 2.75) is 89.1 Å². The fraction of sp³-hybridized carbons (Fsp3) is 0.609. The van der Waals surface area contributed by atoms with Crippen molar-refractivity contribution in [3.63, 3.8) is 0 Å². The summed E-state index contributed by atoms with van der Waals surface area (Å²) in [7, 11) is 0. The van der Waals surface area contributed by atoms with Gasteiger partial charge in [0.1, 0.15) is 5.78 Å². The number of unbranched alkanes of at least 4 members (excludes halogenated alkanes) is 2. The van der Waals surface area contributed by atoms with Crippen molar-refractivity contribution in [3.05, 3.63) is 29.8 Å². The molecule has 1 aromatic carbocycles. The molecule has 0 N–H and O–H groups in total. The first-order chi connectivity index (χ1) is 13.5. The predicted molar refractivity (Wildman–Crippen MR) is 117 cm³/mol. The maximum Gasteiger partial charge on any atom is 0.247 e. The van der Waals surface area contributed by atoms with Crippen molar-refractivity contribution >= 4 is 35.0 Å². The molecule has 1 heterocycles. The average molecular weight is 404 g/mol. The minimum Gasteiger partial charge on any atom is -0.299 e. The number of rotatable bonds is 12. The summed E-state index contributed by atoms with van der Waals surface area (Å²) in [6.07, 6.45) is 8.10. The molecule has 0 aliphatic carbocycles. The van der Waals surface area contributed by atoms with Crippen LogP contribution in [0.2, 0.25) is 0 Å². The summed E-state index contributed by atoms with van der Waals surface area (Å²) in [4.78, 5) is 38.4. The van der Waals surface area contributed by atoms with E-state index in [9.17, 15) is 14.4 Å². The summed E-state index contributed by atoms with van der Waals surface area (Å²) in [5, 5.41) is 0.174. The second-order valence-corrected chi connectivity index (χ2v) is 9.05. The Bertz CT molecular complexity index is 671. The maximum atomic E-state index is 12.9. The van der Waals surface area contributed by atoms with Crippen molar-refractivity contribution in [2.75, 3.05) is 4.90 Å². The zero-order chi connectivity index (χ0) is 20.5. The standard InChI is InChI=1S/C23H33NO3S/c1-4-7-8-10-20(9-5-2)28-21-16-22(26)24(23(21)27)18-13-11-17(12-14-18)15-19(25)6-3/h11-14,20-21H,4-10,15-16H2,1-3H3. The van der Waals surface area contributed by atoms with Crippen LogP contribution in [0, 0.1) is 0 Å². The number of Topliss-reactive ketones (excluding diaryl/α,β-unsaturated/α-hetero) is 1. The maximum absolute atomic E-state index is 12.9. The number of amides is 2. The first-order valence-corrected chi connectivity index (χ1v) is 11.6. The number of thioether (sulfide) groups is 1. The molecule has 1 fully saturated rings. The van der Waals surface area contributed by atoms with Gasteiger partial charge in [-0.05, 0) is 30.5 Å². The average Bonchev–Trinajstić information content (AvgIpc) is 2.96. The molecule has 28 heavy (non-hydrogen) atoms. The fourth-order valence-corrected chi connectivity index (χ4v) is 5.15. The Balaban J connectivity index is 2.02. The van der Waals surface area contributed by atoms with Crippen LogP contribution in [-0.2, 0) is 20.8 Å². The van der Waals surface area contributed by atoms with Crippen molar-refractivity contribution in [2.24, 2.45) is 0 Å². The van der Waals surface area contributed by atoms with Gasteiger partial charge >= 0.3 is 0 Å². The number of carbonyl (C=O) groups excluding carboxylic acids is 3. The number of benzene rings is 1. The van der Waals surface area contributed by atoms with Crippen LogP contribution in [0.15, 0.2) is 24.3 Å². The summed E-state index contributed by atoms with van der Waals surface area (Å²) >= 11 is 1.70. The van der Waals surface area contributed by atoms with E-state index in [1.807, 2.05) is 19.1 Å². The molecular formula is C23H33NO3S. The number of hydrogen-bond donors (Lipinski definition) is 0. The van der Waals surface area contributed by atoms with Gasteiger partial charge in [0.25, 0.3) is 0 Å². The van der Waals surface area contributed by atoms with Gasteiger partial charge in [0.05, 0.1) is 10.9 Å². The van der Waals surface area contributed by atoms with E-state index in [1.165, 1.54) is 24.2 Å². The largest absolute Gasteiger partial charge is 0.299 e. The zero-order valence-electron chi connectivity index (χ0n) is 17.4. The first kappa shape index (κ1) is 22.7. The van der Waals surface area contributed by atoms with E-state index in [4.69, 9.17) is 0 Å². The molecule has 2 atom stereocenters. The fourth-order valence-electron chi connectivity index (χ4n) is 3.55. The van der Waals surface area contributed by atoms with Gasteiger partial charge in [-0.15, -0.1) is 11.8 Å². The molecule has 154 valence electrons. The molecule has 0 spiro atoms. The number of imide groups is 1. The molecule has 1 aliphatic rings. The van der Waals surface area contributed by atoms with E-state index in [2.05, 4.69) is 13.8 Å². The van der Waals surface area contributed by atoms with E-state index in [1.54, 1.807) is 23.9 Å². The molecule has 1 aliphatic heterocycles. The van der Waals surface area contributed by atoms with Crippen molar-refractivity contribution in [3.8, 4) is 0 Å². The molecule has 0 radical (unpaired) electrons.